The minimum atomic E-state index is -0.590. The van der Waals surface area contributed by atoms with Crippen molar-refractivity contribution in [2.24, 2.45) is 5.73 Å². The Labute approximate surface area is 141 Å². The van der Waals surface area contributed by atoms with Crippen molar-refractivity contribution in [1.29, 1.82) is 0 Å². The zero-order chi connectivity index (χ0) is 17.4. The number of nitrogens with two attached hydrogens (primary N) is 1. The number of anilines is 1. The molecule has 2 aromatic carbocycles. The van der Waals surface area contributed by atoms with Crippen LogP contribution in [0.5, 0.6) is 5.75 Å². The molecule has 126 valence electrons. The van der Waals surface area contributed by atoms with E-state index >= 15 is 0 Å². The van der Waals surface area contributed by atoms with Gasteiger partial charge in [-0.05, 0) is 42.7 Å². The van der Waals surface area contributed by atoms with Crippen LogP contribution in [0.2, 0.25) is 0 Å². The van der Waals surface area contributed by atoms with Crippen molar-refractivity contribution in [3.63, 3.8) is 0 Å². The third kappa shape index (κ3) is 5.12. The van der Waals surface area contributed by atoms with Crippen LogP contribution in [0.15, 0.2) is 48.5 Å². The lowest BCUT2D eigenvalue weighted by atomic mass is 10.1. The van der Waals surface area contributed by atoms with Gasteiger partial charge in [0, 0.05) is 5.69 Å². The number of benzene rings is 2. The molecule has 0 aliphatic heterocycles. The second-order valence-electron chi connectivity index (χ2n) is 5.51. The third-order valence-electron chi connectivity index (χ3n) is 3.53. The monoisotopic (exact) mass is 326 g/mol. The summed E-state index contributed by atoms with van der Waals surface area (Å²) in [6.07, 6.45) is 3.34. The number of aryl methyl sites for hydroxylation is 1. The van der Waals surface area contributed by atoms with Crippen LogP contribution in [0.4, 0.5) is 5.69 Å². The van der Waals surface area contributed by atoms with Crippen LogP contribution >= 0.6 is 0 Å². The first-order valence-corrected chi connectivity index (χ1v) is 8.00. The largest absolute Gasteiger partial charge is 0.483 e. The standard InChI is InChI=1S/C19H22N2O3/c1-2-3-6-14-9-11-15(12-10-14)21-19(23)16-7-4-5-8-17(16)24-13-18(20)22/h4-5,7-12H,2-3,6,13H2,1H3,(H2,20,22)(H,21,23). The van der Waals surface area contributed by atoms with Gasteiger partial charge in [-0.3, -0.25) is 9.59 Å². The van der Waals surface area contributed by atoms with Gasteiger partial charge < -0.3 is 15.8 Å². The van der Waals surface area contributed by atoms with Gasteiger partial charge >= 0.3 is 0 Å². The Balaban J connectivity index is 2.05. The summed E-state index contributed by atoms with van der Waals surface area (Å²) in [6.45, 7) is 1.89. The highest BCUT2D eigenvalue weighted by molar-refractivity contribution is 6.06. The molecule has 24 heavy (non-hydrogen) atoms. The number of hydrogen-bond donors (Lipinski definition) is 2. The van der Waals surface area contributed by atoms with Crippen LogP contribution in [-0.2, 0) is 11.2 Å². The molecule has 5 heteroatoms. The fraction of sp³-hybridized carbons (Fsp3) is 0.263. The minimum absolute atomic E-state index is 0.267. The lowest BCUT2D eigenvalue weighted by Crippen LogP contribution is -2.21. The number of primary amides is 1. The molecule has 0 spiro atoms. The maximum atomic E-state index is 12.4. The van der Waals surface area contributed by atoms with Gasteiger partial charge in [0.15, 0.2) is 6.61 Å². The van der Waals surface area contributed by atoms with Crippen molar-refractivity contribution >= 4 is 17.5 Å². The van der Waals surface area contributed by atoms with E-state index in [4.69, 9.17) is 10.5 Å². The SMILES string of the molecule is CCCCc1ccc(NC(=O)c2ccccc2OCC(N)=O)cc1. The third-order valence-corrected chi connectivity index (χ3v) is 3.53. The summed E-state index contributed by atoms with van der Waals surface area (Å²) in [5, 5.41) is 2.83. The normalized spacial score (nSPS) is 10.2. The first-order valence-electron chi connectivity index (χ1n) is 8.00. The van der Waals surface area contributed by atoms with Crippen LogP contribution < -0.4 is 15.8 Å². The number of rotatable bonds is 8. The van der Waals surface area contributed by atoms with Gasteiger partial charge in [0.2, 0.25) is 0 Å². The summed E-state index contributed by atoms with van der Waals surface area (Å²) in [7, 11) is 0. The summed E-state index contributed by atoms with van der Waals surface area (Å²) in [5.74, 6) is -0.558. The van der Waals surface area contributed by atoms with Gasteiger partial charge in [0.25, 0.3) is 11.8 Å². The number of para-hydroxylation sites is 1. The van der Waals surface area contributed by atoms with E-state index in [9.17, 15) is 9.59 Å². The molecule has 3 N–H and O–H groups in total. The topological polar surface area (TPSA) is 81.4 Å². The zero-order valence-corrected chi connectivity index (χ0v) is 13.7. The summed E-state index contributed by atoms with van der Waals surface area (Å²) in [4.78, 5) is 23.3. The van der Waals surface area contributed by atoms with E-state index in [1.165, 1.54) is 5.56 Å². The predicted octanol–water partition coefficient (Wildman–Crippen LogP) is 3.15. The second-order valence-corrected chi connectivity index (χ2v) is 5.51. The van der Waals surface area contributed by atoms with E-state index < -0.39 is 5.91 Å². The van der Waals surface area contributed by atoms with Crippen molar-refractivity contribution < 1.29 is 14.3 Å². The lowest BCUT2D eigenvalue weighted by Gasteiger charge is -2.11. The molecule has 0 radical (unpaired) electrons. The number of nitrogens with one attached hydrogen (secondary N) is 1. The number of hydrogen-bond acceptors (Lipinski definition) is 3. The van der Waals surface area contributed by atoms with E-state index in [0.717, 1.165) is 19.3 Å². The van der Waals surface area contributed by atoms with Gasteiger partial charge in [-0.1, -0.05) is 37.6 Å². The Morgan fingerprint density at radius 3 is 2.46 bits per heavy atom. The van der Waals surface area contributed by atoms with E-state index in [0.29, 0.717) is 17.0 Å². The first kappa shape index (κ1) is 17.5. The molecule has 2 rings (SSSR count). The van der Waals surface area contributed by atoms with E-state index in [2.05, 4.69) is 12.2 Å². The van der Waals surface area contributed by atoms with Gasteiger partial charge in [0.1, 0.15) is 5.75 Å². The summed E-state index contributed by atoms with van der Waals surface area (Å²) in [5.41, 5.74) is 7.39. The molecule has 0 saturated carbocycles. The number of carbonyl (C=O) groups is 2. The number of amides is 2. The number of carbonyl (C=O) groups excluding carboxylic acids is 2. The molecule has 0 aliphatic rings. The van der Waals surface area contributed by atoms with E-state index in [-0.39, 0.29) is 12.5 Å². The molecule has 0 heterocycles. The summed E-state index contributed by atoms with van der Waals surface area (Å²) < 4.78 is 5.29. The van der Waals surface area contributed by atoms with Crippen LogP contribution in [0.25, 0.3) is 0 Å². The van der Waals surface area contributed by atoms with Crippen molar-refractivity contribution in [3.05, 3.63) is 59.7 Å². The van der Waals surface area contributed by atoms with Gasteiger partial charge in [-0.2, -0.15) is 0 Å². The van der Waals surface area contributed by atoms with Crippen LogP contribution in [0.3, 0.4) is 0 Å². The highest BCUT2D eigenvalue weighted by atomic mass is 16.5. The highest BCUT2D eigenvalue weighted by Crippen LogP contribution is 2.20. The van der Waals surface area contributed by atoms with Crippen molar-refractivity contribution in [1.82, 2.24) is 0 Å². The van der Waals surface area contributed by atoms with Crippen molar-refractivity contribution in [3.8, 4) is 5.75 Å². The predicted molar refractivity (Wildman–Crippen MR) is 94.1 cm³/mol. The summed E-state index contributed by atoms with van der Waals surface area (Å²) >= 11 is 0. The molecule has 2 aromatic rings. The molecule has 0 fully saturated rings. The van der Waals surface area contributed by atoms with Crippen molar-refractivity contribution in [2.75, 3.05) is 11.9 Å². The zero-order valence-electron chi connectivity index (χ0n) is 13.7. The fourth-order valence-corrected chi connectivity index (χ4v) is 2.26. The minimum Gasteiger partial charge on any atom is -0.483 e. The Bertz CT molecular complexity index is 696. The van der Waals surface area contributed by atoms with Crippen molar-refractivity contribution in [2.45, 2.75) is 26.2 Å². The fourth-order valence-electron chi connectivity index (χ4n) is 2.26. The van der Waals surface area contributed by atoms with Crippen LogP contribution in [0, 0.1) is 0 Å². The molecule has 5 nitrogen and oxygen atoms in total. The van der Waals surface area contributed by atoms with Crippen LogP contribution in [-0.4, -0.2) is 18.4 Å². The van der Waals surface area contributed by atoms with Gasteiger partial charge in [-0.25, -0.2) is 0 Å². The van der Waals surface area contributed by atoms with Crippen LogP contribution in [0.1, 0.15) is 35.7 Å². The lowest BCUT2D eigenvalue weighted by molar-refractivity contribution is -0.119. The van der Waals surface area contributed by atoms with E-state index in [1.807, 2.05) is 24.3 Å². The Kier molecular flexibility index (Phi) is 6.37. The van der Waals surface area contributed by atoms with Gasteiger partial charge in [-0.15, -0.1) is 0 Å². The highest BCUT2D eigenvalue weighted by Gasteiger charge is 2.13. The number of ether oxygens (including phenoxy) is 1. The quantitative estimate of drug-likeness (QED) is 0.782. The smallest absolute Gasteiger partial charge is 0.259 e. The Morgan fingerprint density at radius 2 is 1.79 bits per heavy atom. The second kappa shape index (κ2) is 8.72. The first-order chi connectivity index (χ1) is 11.6. The van der Waals surface area contributed by atoms with Gasteiger partial charge in [0.05, 0.1) is 5.56 Å². The molecule has 0 saturated heterocycles. The average molecular weight is 326 g/mol. The number of unbranched alkanes of at least 4 members (excludes halogenated alkanes) is 1. The molecule has 0 bridgehead atoms. The molecular formula is C19H22N2O3. The Hall–Kier alpha value is -2.82. The Morgan fingerprint density at radius 1 is 1.08 bits per heavy atom. The molecule has 0 aromatic heterocycles. The molecule has 0 aliphatic carbocycles. The molecular weight excluding hydrogens is 304 g/mol. The maximum absolute atomic E-state index is 12.4. The summed E-state index contributed by atoms with van der Waals surface area (Å²) in [6, 6.07) is 14.5. The molecule has 0 atom stereocenters. The average Bonchev–Trinajstić information content (AvgIpc) is 2.59. The molecule has 0 unspecified atom stereocenters. The van der Waals surface area contributed by atoms with E-state index in [1.54, 1.807) is 24.3 Å². The maximum Gasteiger partial charge on any atom is 0.259 e. The molecule has 2 amide bonds.